The minimum atomic E-state index is 0.473. The van der Waals surface area contributed by atoms with Crippen molar-refractivity contribution in [3.8, 4) is 34.6 Å². The van der Waals surface area contributed by atoms with E-state index in [0.29, 0.717) is 53.1 Å². The molecule has 1 fully saturated rings. The molecule has 0 bridgehead atoms. The maximum absolute atomic E-state index is 5.64. The second kappa shape index (κ2) is 14.6. The Hall–Kier alpha value is -3.94. The second-order valence-corrected chi connectivity index (χ2v) is 10.1. The summed E-state index contributed by atoms with van der Waals surface area (Å²) in [4.78, 5) is 15.5. The number of rotatable bonds is 11. The first kappa shape index (κ1) is 30.0. The summed E-state index contributed by atoms with van der Waals surface area (Å²) >= 11 is 1.48. The SMILES string of the molecule is COC1CN(C)C1.COc1cccc(-c2nnc(NSCCc3ncc(C)cn3)n2-c2c(OC)cccc2OC)n1. The molecule has 0 spiro atoms. The predicted octanol–water partition coefficient (Wildman–Crippen LogP) is 3.70. The lowest BCUT2D eigenvalue weighted by Crippen LogP contribution is -2.48. The Morgan fingerprint density at radius 1 is 0.927 bits per heavy atom. The molecule has 4 heterocycles. The summed E-state index contributed by atoms with van der Waals surface area (Å²) in [5, 5.41) is 8.81. The van der Waals surface area contributed by atoms with Crippen molar-refractivity contribution in [1.29, 1.82) is 0 Å². The zero-order valence-corrected chi connectivity index (χ0v) is 25.0. The molecule has 1 aliphatic rings. The van der Waals surface area contributed by atoms with Crippen molar-refractivity contribution >= 4 is 17.9 Å². The largest absolute Gasteiger partial charge is 0.494 e. The van der Waals surface area contributed by atoms with Gasteiger partial charge in [-0.2, -0.15) is 0 Å². The fourth-order valence-corrected chi connectivity index (χ4v) is 4.68. The van der Waals surface area contributed by atoms with Crippen LogP contribution in [0.25, 0.3) is 17.2 Å². The molecule has 4 aromatic rings. The highest BCUT2D eigenvalue weighted by molar-refractivity contribution is 8.00. The van der Waals surface area contributed by atoms with Gasteiger partial charge in [0.1, 0.15) is 28.7 Å². The quantitative estimate of drug-likeness (QED) is 0.206. The summed E-state index contributed by atoms with van der Waals surface area (Å²) in [6.45, 7) is 4.18. The van der Waals surface area contributed by atoms with Crippen LogP contribution in [-0.4, -0.2) is 95.0 Å². The van der Waals surface area contributed by atoms with Crippen LogP contribution in [0.5, 0.6) is 17.4 Å². The fraction of sp³-hybridized carbons (Fsp3) is 0.393. The standard InChI is InChI=1S/C23H25N7O3S.C5H11NO/c1-15-13-24-19(25-14-15)11-12-34-29-23-28-27-22(16-7-5-10-20(26-16)33-4)30(23)21-17(31-2)8-6-9-18(21)32-3;1-6-3-5(4-6)7-2/h5-10,13-14H,11-12H2,1-4H3,(H,28,29);5H,3-4H2,1-2H3. The zero-order valence-electron chi connectivity index (χ0n) is 24.2. The maximum atomic E-state index is 5.64. The van der Waals surface area contributed by atoms with E-state index >= 15 is 0 Å². The maximum Gasteiger partial charge on any atom is 0.239 e. The normalized spacial score (nSPS) is 13.1. The molecule has 0 saturated carbocycles. The summed E-state index contributed by atoms with van der Waals surface area (Å²) in [7, 11) is 8.64. The average molecular weight is 581 g/mol. The van der Waals surface area contributed by atoms with E-state index in [1.807, 2.05) is 54.2 Å². The Morgan fingerprint density at radius 3 is 2.20 bits per heavy atom. The minimum Gasteiger partial charge on any atom is -0.494 e. The average Bonchev–Trinajstić information content (AvgIpc) is 3.41. The first-order chi connectivity index (χ1) is 20.0. The summed E-state index contributed by atoms with van der Waals surface area (Å²) in [5.41, 5.74) is 2.28. The number of para-hydroxylation sites is 1. The molecule has 0 aliphatic carbocycles. The van der Waals surface area contributed by atoms with Crippen molar-refractivity contribution in [2.45, 2.75) is 19.4 Å². The van der Waals surface area contributed by atoms with Gasteiger partial charge in [-0.15, -0.1) is 10.2 Å². The lowest BCUT2D eigenvalue weighted by molar-refractivity contribution is -0.0155. The predicted molar refractivity (Wildman–Crippen MR) is 159 cm³/mol. The molecule has 1 N–H and O–H groups in total. The Morgan fingerprint density at radius 2 is 1.61 bits per heavy atom. The third-order valence-corrected chi connectivity index (χ3v) is 6.97. The number of nitrogens with one attached hydrogen (secondary N) is 1. The lowest BCUT2D eigenvalue weighted by Gasteiger charge is -2.34. The number of ether oxygens (including phenoxy) is 4. The number of pyridine rings is 1. The van der Waals surface area contributed by atoms with Crippen molar-refractivity contribution in [2.24, 2.45) is 0 Å². The highest BCUT2D eigenvalue weighted by Gasteiger charge is 2.23. The first-order valence-corrected chi connectivity index (χ1v) is 14.0. The van der Waals surface area contributed by atoms with Crippen LogP contribution >= 0.6 is 11.9 Å². The summed E-state index contributed by atoms with van der Waals surface area (Å²) in [6, 6.07) is 11.0. The molecule has 12 nitrogen and oxygen atoms in total. The van der Waals surface area contributed by atoms with Crippen LogP contribution in [0.1, 0.15) is 11.4 Å². The molecule has 0 radical (unpaired) electrons. The number of anilines is 1. The van der Waals surface area contributed by atoms with Crippen molar-refractivity contribution < 1.29 is 18.9 Å². The minimum absolute atomic E-state index is 0.473. The number of aromatic nitrogens is 6. The summed E-state index contributed by atoms with van der Waals surface area (Å²) in [6.07, 6.45) is 4.86. The van der Waals surface area contributed by atoms with Gasteiger partial charge in [0.2, 0.25) is 11.8 Å². The molecule has 1 saturated heterocycles. The Kier molecular flexibility index (Phi) is 10.7. The molecule has 0 unspecified atom stereocenters. The third kappa shape index (κ3) is 7.63. The number of likely N-dealkylation sites (tertiary alicyclic amines) is 1. The Balaban J connectivity index is 0.000000483. The lowest BCUT2D eigenvalue weighted by atomic mass is 10.2. The number of hydrogen-bond donors (Lipinski definition) is 1. The van der Waals surface area contributed by atoms with E-state index < -0.39 is 0 Å². The van der Waals surface area contributed by atoms with Crippen molar-refractivity contribution in [2.75, 3.05) is 59.1 Å². The van der Waals surface area contributed by atoms with Gasteiger partial charge in [-0.05, 0) is 49.7 Å². The van der Waals surface area contributed by atoms with Crippen LogP contribution in [0.3, 0.4) is 0 Å². The van der Waals surface area contributed by atoms with E-state index in [2.05, 4.69) is 41.8 Å². The van der Waals surface area contributed by atoms with Crippen LogP contribution in [0.2, 0.25) is 0 Å². The summed E-state index contributed by atoms with van der Waals surface area (Å²) < 4.78 is 26.7. The number of likely N-dealkylation sites (N-methyl/N-ethyl adjacent to an activating group) is 1. The molecule has 0 amide bonds. The van der Waals surface area contributed by atoms with E-state index in [1.54, 1.807) is 34.5 Å². The van der Waals surface area contributed by atoms with E-state index in [4.69, 9.17) is 18.9 Å². The van der Waals surface area contributed by atoms with Gasteiger partial charge in [-0.25, -0.2) is 15.0 Å². The number of nitrogens with zero attached hydrogens (tertiary/aromatic N) is 7. The second-order valence-electron chi connectivity index (χ2n) is 9.22. The van der Waals surface area contributed by atoms with Gasteiger partial charge >= 0.3 is 0 Å². The van der Waals surface area contributed by atoms with Crippen molar-refractivity contribution in [3.63, 3.8) is 0 Å². The Bertz CT molecular complexity index is 1370. The van der Waals surface area contributed by atoms with Gasteiger partial charge in [0.25, 0.3) is 0 Å². The van der Waals surface area contributed by atoms with Crippen LogP contribution in [0.4, 0.5) is 5.95 Å². The summed E-state index contributed by atoms with van der Waals surface area (Å²) in [5.74, 6) is 4.19. The molecule has 13 heteroatoms. The van der Waals surface area contributed by atoms with Gasteiger partial charge in [0.05, 0.1) is 27.4 Å². The van der Waals surface area contributed by atoms with E-state index in [-0.39, 0.29) is 0 Å². The van der Waals surface area contributed by atoms with E-state index in [9.17, 15) is 0 Å². The monoisotopic (exact) mass is 580 g/mol. The van der Waals surface area contributed by atoms with Gasteiger partial charge < -0.3 is 23.8 Å². The smallest absolute Gasteiger partial charge is 0.239 e. The van der Waals surface area contributed by atoms with Crippen LogP contribution in [0, 0.1) is 6.92 Å². The number of hydrogen-bond acceptors (Lipinski definition) is 12. The van der Waals surface area contributed by atoms with Crippen molar-refractivity contribution in [3.05, 3.63) is 60.2 Å². The number of methoxy groups -OCH3 is 4. The molecule has 5 rings (SSSR count). The van der Waals surface area contributed by atoms with E-state index in [0.717, 1.165) is 30.2 Å². The van der Waals surface area contributed by atoms with Gasteiger partial charge in [0.15, 0.2) is 5.82 Å². The molecular formula is C28H36N8O4S. The van der Waals surface area contributed by atoms with E-state index in [1.165, 1.54) is 11.9 Å². The third-order valence-electron chi connectivity index (χ3n) is 6.24. The molecule has 41 heavy (non-hydrogen) atoms. The topological polar surface area (TPSA) is 122 Å². The van der Waals surface area contributed by atoms with Crippen LogP contribution in [-0.2, 0) is 11.2 Å². The molecule has 1 aliphatic heterocycles. The van der Waals surface area contributed by atoms with Gasteiger partial charge in [-0.1, -0.05) is 12.1 Å². The van der Waals surface area contributed by atoms with Crippen molar-refractivity contribution in [1.82, 2.24) is 34.6 Å². The fourth-order valence-electron chi connectivity index (χ4n) is 4.03. The highest BCUT2D eigenvalue weighted by atomic mass is 32.2. The highest BCUT2D eigenvalue weighted by Crippen LogP contribution is 2.37. The van der Waals surface area contributed by atoms with Crippen LogP contribution < -0.4 is 18.9 Å². The number of aryl methyl sites for hydroxylation is 2. The molecule has 218 valence electrons. The molecular weight excluding hydrogens is 544 g/mol. The Labute approximate surface area is 244 Å². The zero-order chi connectivity index (χ0) is 29.2. The first-order valence-electron chi connectivity index (χ1n) is 13.0. The van der Waals surface area contributed by atoms with Gasteiger partial charge in [-0.3, -0.25) is 9.29 Å². The molecule has 1 aromatic carbocycles. The van der Waals surface area contributed by atoms with Gasteiger partial charge in [0, 0.05) is 50.8 Å². The van der Waals surface area contributed by atoms with Crippen LogP contribution in [0.15, 0.2) is 48.8 Å². The number of benzene rings is 1. The molecule has 3 aromatic heterocycles. The molecule has 0 atom stereocenters.